The normalized spacial score (nSPS) is 51.7. The van der Waals surface area contributed by atoms with Crippen LogP contribution >= 0.6 is 0 Å². The zero-order valence-corrected chi connectivity index (χ0v) is 12.1. The van der Waals surface area contributed by atoms with E-state index in [9.17, 15) is 25.5 Å². The van der Waals surface area contributed by atoms with E-state index >= 15 is 0 Å². The number of rotatable bonds is 4. The van der Waals surface area contributed by atoms with E-state index in [1.807, 2.05) is 0 Å². The van der Waals surface area contributed by atoms with Crippen LogP contribution in [0.4, 0.5) is 0 Å². The Bertz CT molecular complexity index is 385. The topological polar surface area (TPSA) is 195 Å². The van der Waals surface area contributed by atoms with Crippen molar-refractivity contribution in [1.29, 1.82) is 0 Å². The van der Waals surface area contributed by atoms with Crippen LogP contribution in [0.15, 0.2) is 0 Å². The third-order valence-electron chi connectivity index (χ3n) is 4.06. The van der Waals surface area contributed by atoms with E-state index in [1.165, 1.54) is 0 Å². The van der Waals surface area contributed by atoms with E-state index in [4.69, 9.17) is 30.2 Å². The van der Waals surface area contributed by atoms with Crippen LogP contribution in [0.1, 0.15) is 0 Å². The number of hydrogen-bond donors (Lipinski definition) is 8. The van der Waals surface area contributed by atoms with Crippen molar-refractivity contribution >= 4 is 0 Å². The predicted octanol–water partition coefficient (Wildman–Crippen LogP) is -5.43. The van der Waals surface area contributed by atoms with Crippen molar-refractivity contribution < 1.29 is 50.0 Å². The SMILES string of the molecule is NC1C(OC2C(O)C(O)OC(CO)C2O)OC(CO)C(O)C1O. The molecule has 11 heteroatoms. The fourth-order valence-electron chi connectivity index (χ4n) is 2.61. The van der Waals surface area contributed by atoms with Crippen molar-refractivity contribution in [2.75, 3.05) is 13.2 Å². The fourth-order valence-corrected chi connectivity index (χ4v) is 2.61. The predicted molar refractivity (Wildman–Crippen MR) is 70.6 cm³/mol. The molecule has 0 aromatic rings. The molecular formula is C12H23NO10. The smallest absolute Gasteiger partial charge is 0.184 e. The summed E-state index contributed by atoms with van der Waals surface area (Å²) in [5.41, 5.74) is 5.69. The second-order valence-corrected chi connectivity index (χ2v) is 5.61. The Balaban J connectivity index is 2.11. The van der Waals surface area contributed by atoms with Crippen LogP contribution in [-0.4, -0.2) is 110 Å². The van der Waals surface area contributed by atoms with Gasteiger partial charge >= 0.3 is 0 Å². The molecule has 2 heterocycles. The third kappa shape index (κ3) is 3.65. The first-order valence-corrected chi connectivity index (χ1v) is 7.15. The van der Waals surface area contributed by atoms with Crippen molar-refractivity contribution in [3.8, 4) is 0 Å². The lowest BCUT2D eigenvalue weighted by molar-refractivity contribution is -0.340. The molecule has 23 heavy (non-hydrogen) atoms. The number of aliphatic hydroxyl groups is 7. The molecule has 2 fully saturated rings. The Morgan fingerprint density at radius 1 is 0.783 bits per heavy atom. The molecule has 0 radical (unpaired) electrons. The maximum absolute atomic E-state index is 10.0. The van der Waals surface area contributed by atoms with E-state index in [-0.39, 0.29) is 0 Å². The van der Waals surface area contributed by atoms with Crippen molar-refractivity contribution in [2.24, 2.45) is 5.73 Å². The van der Waals surface area contributed by atoms with Gasteiger partial charge in [0.25, 0.3) is 0 Å². The van der Waals surface area contributed by atoms with Crippen molar-refractivity contribution in [2.45, 2.75) is 61.3 Å². The van der Waals surface area contributed by atoms with Crippen LogP contribution < -0.4 is 5.73 Å². The molecule has 9 N–H and O–H groups in total. The molecule has 2 aliphatic heterocycles. The van der Waals surface area contributed by atoms with Crippen molar-refractivity contribution in [3.63, 3.8) is 0 Å². The minimum Gasteiger partial charge on any atom is -0.394 e. The Kier molecular flexibility index (Phi) is 6.27. The minimum atomic E-state index is -1.72. The molecule has 2 saturated heterocycles. The van der Waals surface area contributed by atoms with Crippen molar-refractivity contribution in [1.82, 2.24) is 0 Å². The average molecular weight is 341 g/mol. The summed E-state index contributed by atoms with van der Waals surface area (Å²) in [7, 11) is 0. The monoisotopic (exact) mass is 341 g/mol. The molecule has 0 saturated carbocycles. The summed E-state index contributed by atoms with van der Waals surface area (Å²) in [4.78, 5) is 0. The molecule has 11 nitrogen and oxygen atoms in total. The molecule has 0 aromatic heterocycles. The van der Waals surface area contributed by atoms with Gasteiger partial charge in [-0.2, -0.15) is 0 Å². The van der Waals surface area contributed by atoms with E-state index in [1.54, 1.807) is 0 Å². The van der Waals surface area contributed by atoms with E-state index < -0.39 is 74.6 Å². The number of ether oxygens (including phenoxy) is 3. The molecule has 0 spiro atoms. The fraction of sp³-hybridized carbons (Fsp3) is 1.00. The summed E-state index contributed by atoms with van der Waals surface area (Å²) >= 11 is 0. The number of hydrogen-bond acceptors (Lipinski definition) is 11. The van der Waals surface area contributed by atoms with Crippen LogP contribution in [0.5, 0.6) is 0 Å². The first-order valence-electron chi connectivity index (χ1n) is 7.15. The summed E-state index contributed by atoms with van der Waals surface area (Å²) in [5.74, 6) is 0. The van der Waals surface area contributed by atoms with Gasteiger partial charge in [-0.15, -0.1) is 0 Å². The second-order valence-electron chi connectivity index (χ2n) is 5.61. The zero-order valence-electron chi connectivity index (χ0n) is 12.1. The summed E-state index contributed by atoms with van der Waals surface area (Å²) in [6, 6.07) is -1.24. The van der Waals surface area contributed by atoms with Gasteiger partial charge in [0.15, 0.2) is 12.6 Å². The second kappa shape index (κ2) is 7.63. The van der Waals surface area contributed by atoms with Gasteiger partial charge in [-0.1, -0.05) is 0 Å². The molecule has 10 atom stereocenters. The zero-order chi connectivity index (χ0) is 17.3. The summed E-state index contributed by atoms with van der Waals surface area (Å²) in [6.45, 7) is -1.26. The lowest BCUT2D eigenvalue weighted by atomic mass is 9.96. The minimum absolute atomic E-state index is 0.619. The van der Waals surface area contributed by atoms with Crippen LogP contribution in [-0.2, 0) is 14.2 Å². The Morgan fingerprint density at radius 3 is 1.91 bits per heavy atom. The number of aliphatic hydroxyl groups excluding tert-OH is 7. The van der Waals surface area contributed by atoms with Gasteiger partial charge < -0.3 is 55.7 Å². The van der Waals surface area contributed by atoms with Gasteiger partial charge in [-0.25, -0.2) is 0 Å². The molecule has 0 amide bonds. The highest BCUT2D eigenvalue weighted by molar-refractivity contribution is 4.95. The van der Waals surface area contributed by atoms with Crippen LogP contribution in [0, 0.1) is 0 Å². The third-order valence-corrected chi connectivity index (χ3v) is 4.06. The summed E-state index contributed by atoms with van der Waals surface area (Å²) in [6.07, 6.45) is -13.0. The molecule has 136 valence electrons. The first-order chi connectivity index (χ1) is 10.8. The van der Waals surface area contributed by atoms with Gasteiger partial charge in [0.2, 0.25) is 0 Å². The van der Waals surface area contributed by atoms with Gasteiger partial charge in [-0.3, -0.25) is 0 Å². The maximum atomic E-state index is 10.0. The highest BCUT2D eigenvalue weighted by atomic mass is 16.7. The lowest BCUT2D eigenvalue weighted by Gasteiger charge is -2.45. The van der Waals surface area contributed by atoms with E-state index in [0.29, 0.717) is 0 Å². The number of nitrogens with two attached hydrogens (primary N) is 1. The standard InChI is InChI=1S/C12H23NO10/c13-5-8(18)6(16)3(1-14)22-12(5)23-10-7(17)4(2-15)21-11(20)9(10)19/h3-12,14-20H,1-2,13H2. The molecule has 0 aromatic carbocycles. The molecular weight excluding hydrogens is 318 g/mol. The van der Waals surface area contributed by atoms with E-state index in [0.717, 1.165) is 0 Å². The quantitative estimate of drug-likeness (QED) is 0.243. The van der Waals surface area contributed by atoms with Crippen LogP contribution in [0.3, 0.4) is 0 Å². The molecule has 2 aliphatic rings. The van der Waals surface area contributed by atoms with Crippen molar-refractivity contribution in [3.05, 3.63) is 0 Å². The lowest BCUT2D eigenvalue weighted by Crippen LogP contribution is -2.66. The first kappa shape index (κ1) is 18.9. The largest absolute Gasteiger partial charge is 0.394 e. The summed E-state index contributed by atoms with van der Waals surface area (Å²) < 4.78 is 15.4. The van der Waals surface area contributed by atoms with Gasteiger partial charge in [-0.05, 0) is 0 Å². The highest BCUT2D eigenvalue weighted by Crippen LogP contribution is 2.27. The van der Waals surface area contributed by atoms with Gasteiger partial charge in [0.05, 0.1) is 19.3 Å². The van der Waals surface area contributed by atoms with Gasteiger partial charge in [0, 0.05) is 0 Å². The highest BCUT2D eigenvalue weighted by Gasteiger charge is 2.49. The average Bonchev–Trinajstić information content (AvgIpc) is 2.54. The van der Waals surface area contributed by atoms with E-state index in [2.05, 4.69) is 0 Å². The van der Waals surface area contributed by atoms with Gasteiger partial charge in [0.1, 0.15) is 42.7 Å². The Morgan fingerprint density at radius 2 is 1.35 bits per heavy atom. The Hall–Kier alpha value is -0.440. The maximum Gasteiger partial charge on any atom is 0.184 e. The Labute approximate surface area is 131 Å². The molecule has 0 aliphatic carbocycles. The van der Waals surface area contributed by atoms with Crippen LogP contribution in [0.25, 0.3) is 0 Å². The van der Waals surface area contributed by atoms with Crippen LogP contribution in [0.2, 0.25) is 0 Å². The molecule has 10 unspecified atom stereocenters. The molecule has 2 rings (SSSR count). The summed E-state index contributed by atoms with van der Waals surface area (Å²) in [5, 5.41) is 67.3. The molecule has 0 bridgehead atoms.